The predicted molar refractivity (Wildman–Crippen MR) is 106 cm³/mol. The van der Waals surface area contributed by atoms with Crippen molar-refractivity contribution < 1.29 is 9.18 Å². The van der Waals surface area contributed by atoms with Crippen molar-refractivity contribution in [1.82, 2.24) is 0 Å². The summed E-state index contributed by atoms with van der Waals surface area (Å²) in [4.78, 5) is 13.6. The van der Waals surface area contributed by atoms with Crippen LogP contribution in [-0.2, 0) is 5.75 Å². The molecule has 3 aromatic rings. The molecule has 27 heavy (non-hydrogen) atoms. The lowest BCUT2D eigenvalue weighted by molar-refractivity contribution is 0.102. The maximum Gasteiger partial charge on any atom is 0.256 e. The highest BCUT2D eigenvalue weighted by atomic mass is 32.2. The first-order chi connectivity index (χ1) is 13.1. The lowest BCUT2D eigenvalue weighted by atomic mass is 10.1. The number of anilines is 1. The molecular formula is C22H17FN2OS. The Morgan fingerprint density at radius 1 is 1.11 bits per heavy atom. The fourth-order valence-electron chi connectivity index (χ4n) is 2.57. The molecule has 0 fully saturated rings. The molecule has 0 bridgehead atoms. The number of rotatable bonds is 5. The van der Waals surface area contributed by atoms with Crippen LogP contribution in [0.2, 0.25) is 0 Å². The van der Waals surface area contributed by atoms with E-state index in [9.17, 15) is 9.18 Å². The summed E-state index contributed by atoms with van der Waals surface area (Å²) in [6, 6.07) is 21.2. The summed E-state index contributed by atoms with van der Waals surface area (Å²) in [6.07, 6.45) is 0. The van der Waals surface area contributed by atoms with Crippen molar-refractivity contribution in [2.45, 2.75) is 17.6 Å². The monoisotopic (exact) mass is 376 g/mol. The molecule has 0 radical (unpaired) electrons. The van der Waals surface area contributed by atoms with Crippen LogP contribution in [-0.4, -0.2) is 5.91 Å². The number of nitriles is 1. The van der Waals surface area contributed by atoms with Crippen molar-refractivity contribution in [2.75, 3.05) is 5.32 Å². The molecule has 0 atom stereocenters. The van der Waals surface area contributed by atoms with Crippen LogP contribution in [0.1, 0.15) is 27.0 Å². The number of thioether (sulfide) groups is 1. The van der Waals surface area contributed by atoms with Gasteiger partial charge in [0.1, 0.15) is 5.82 Å². The fraction of sp³-hybridized carbons (Fsp3) is 0.0909. The zero-order valence-electron chi connectivity index (χ0n) is 14.7. The van der Waals surface area contributed by atoms with Gasteiger partial charge in [-0.3, -0.25) is 4.79 Å². The number of hydrogen-bond acceptors (Lipinski definition) is 3. The minimum atomic E-state index is -0.330. The summed E-state index contributed by atoms with van der Waals surface area (Å²) < 4.78 is 13.2. The molecule has 5 heteroatoms. The summed E-state index contributed by atoms with van der Waals surface area (Å²) in [5.41, 5.74) is 3.53. The van der Waals surface area contributed by atoms with Gasteiger partial charge in [-0.1, -0.05) is 24.3 Å². The SMILES string of the molecule is Cc1cc(F)ccc1NC(=O)c1ccccc1SCc1ccc(C#N)cc1. The van der Waals surface area contributed by atoms with Gasteiger partial charge in [-0.05, 0) is 60.5 Å². The number of hydrogen-bond donors (Lipinski definition) is 1. The van der Waals surface area contributed by atoms with Crippen LogP contribution in [0.15, 0.2) is 71.6 Å². The van der Waals surface area contributed by atoms with Gasteiger partial charge in [0.2, 0.25) is 0 Å². The number of carbonyl (C=O) groups excluding carboxylic acids is 1. The number of aryl methyl sites for hydroxylation is 1. The van der Waals surface area contributed by atoms with E-state index in [1.165, 1.54) is 12.1 Å². The zero-order valence-corrected chi connectivity index (χ0v) is 15.5. The van der Waals surface area contributed by atoms with Gasteiger partial charge >= 0.3 is 0 Å². The number of nitrogens with zero attached hydrogens (tertiary/aromatic N) is 1. The first-order valence-corrected chi connectivity index (χ1v) is 9.34. The molecule has 0 unspecified atom stereocenters. The van der Waals surface area contributed by atoms with Gasteiger partial charge in [0.15, 0.2) is 0 Å². The van der Waals surface area contributed by atoms with Gasteiger partial charge in [0.05, 0.1) is 17.2 Å². The molecule has 1 N–H and O–H groups in total. The van der Waals surface area contributed by atoms with Gasteiger partial charge in [-0.25, -0.2) is 4.39 Å². The maximum absolute atomic E-state index is 13.2. The molecule has 0 saturated heterocycles. The Morgan fingerprint density at radius 2 is 1.85 bits per heavy atom. The van der Waals surface area contributed by atoms with E-state index in [2.05, 4.69) is 11.4 Å². The predicted octanol–water partition coefficient (Wildman–Crippen LogP) is 5.55. The Bertz CT molecular complexity index is 1010. The second kappa shape index (κ2) is 8.52. The van der Waals surface area contributed by atoms with Crippen molar-refractivity contribution >= 4 is 23.4 Å². The van der Waals surface area contributed by atoms with Crippen LogP contribution >= 0.6 is 11.8 Å². The maximum atomic E-state index is 13.2. The third-order valence-corrected chi connectivity index (χ3v) is 5.19. The van der Waals surface area contributed by atoms with E-state index in [1.807, 2.05) is 30.3 Å². The van der Waals surface area contributed by atoms with Crippen molar-refractivity contribution in [1.29, 1.82) is 5.26 Å². The van der Waals surface area contributed by atoms with E-state index in [-0.39, 0.29) is 11.7 Å². The van der Waals surface area contributed by atoms with Crippen LogP contribution in [0.3, 0.4) is 0 Å². The fourth-order valence-corrected chi connectivity index (χ4v) is 3.58. The molecule has 0 spiro atoms. The van der Waals surface area contributed by atoms with E-state index in [4.69, 9.17) is 5.26 Å². The Balaban J connectivity index is 1.74. The van der Waals surface area contributed by atoms with E-state index in [0.29, 0.717) is 28.1 Å². The number of halogens is 1. The second-order valence-electron chi connectivity index (χ2n) is 6.01. The molecule has 0 aliphatic rings. The van der Waals surface area contributed by atoms with Gasteiger partial charge in [0, 0.05) is 16.3 Å². The Hall–Kier alpha value is -3.10. The van der Waals surface area contributed by atoms with Crippen molar-refractivity contribution in [2.24, 2.45) is 0 Å². The van der Waals surface area contributed by atoms with E-state index in [0.717, 1.165) is 10.5 Å². The topological polar surface area (TPSA) is 52.9 Å². The smallest absolute Gasteiger partial charge is 0.256 e. The summed E-state index contributed by atoms with van der Waals surface area (Å²) in [7, 11) is 0. The highest BCUT2D eigenvalue weighted by Crippen LogP contribution is 2.27. The molecule has 134 valence electrons. The van der Waals surface area contributed by atoms with Gasteiger partial charge in [-0.2, -0.15) is 5.26 Å². The number of carbonyl (C=O) groups is 1. The van der Waals surface area contributed by atoms with Gasteiger partial charge in [-0.15, -0.1) is 11.8 Å². The van der Waals surface area contributed by atoms with Crippen LogP contribution in [0, 0.1) is 24.1 Å². The van der Waals surface area contributed by atoms with Gasteiger partial charge in [0.25, 0.3) is 5.91 Å². The first-order valence-electron chi connectivity index (χ1n) is 8.35. The van der Waals surface area contributed by atoms with Crippen LogP contribution < -0.4 is 5.32 Å². The van der Waals surface area contributed by atoms with Crippen LogP contribution in [0.25, 0.3) is 0 Å². The molecular weight excluding hydrogens is 359 g/mol. The van der Waals surface area contributed by atoms with E-state index >= 15 is 0 Å². The molecule has 1 amide bonds. The second-order valence-corrected chi connectivity index (χ2v) is 7.02. The highest BCUT2D eigenvalue weighted by Gasteiger charge is 2.13. The Kier molecular flexibility index (Phi) is 5.90. The zero-order chi connectivity index (χ0) is 19.2. The summed E-state index contributed by atoms with van der Waals surface area (Å²) in [5, 5.41) is 11.7. The first kappa shape index (κ1) is 18.7. The van der Waals surface area contributed by atoms with Crippen molar-refractivity contribution in [3.63, 3.8) is 0 Å². The standard InChI is InChI=1S/C22H17FN2OS/c1-15-12-18(23)10-11-20(15)25-22(26)19-4-2-3-5-21(19)27-14-17-8-6-16(13-24)7-9-17/h2-12H,14H2,1H3,(H,25,26). The number of benzene rings is 3. The average Bonchev–Trinajstić information content (AvgIpc) is 2.69. The Labute approximate surface area is 161 Å². The minimum Gasteiger partial charge on any atom is -0.322 e. The molecule has 3 aromatic carbocycles. The quantitative estimate of drug-likeness (QED) is 0.594. The lowest BCUT2D eigenvalue weighted by Crippen LogP contribution is -2.13. The number of nitrogens with one attached hydrogen (secondary N) is 1. The van der Waals surface area contributed by atoms with Crippen LogP contribution in [0.5, 0.6) is 0 Å². The van der Waals surface area contributed by atoms with Crippen LogP contribution in [0.4, 0.5) is 10.1 Å². The average molecular weight is 376 g/mol. The lowest BCUT2D eigenvalue weighted by Gasteiger charge is -2.12. The Morgan fingerprint density at radius 3 is 2.56 bits per heavy atom. The van der Waals surface area contributed by atoms with E-state index in [1.54, 1.807) is 43.0 Å². The molecule has 0 saturated carbocycles. The molecule has 3 nitrogen and oxygen atoms in total. The highest BCUT2D eigenvalue weighted by molar-refractivity contribution is 7.98. The molecule has 0 aliphatic heterocycles. The van der Waals surface area contributed by atoms with Gasteiger partial charge < -0.3 is 5.32 Å². The normalized spacial score (nSPS) is 10.3. The minimum absolute atomic E-state index is 0.229. The molecule has 0 aromatic heterocycles. The molecule has 0 heterocycles. The number of amides is 1. The summed E-state index contributed by atoms with van der Waals surface area (Å²) in [5.74, 6) is 0.127. The van der Waals surface area contributed by atoms with E-state index < -0.39 is 0 Å². The molecule has 3 rings (SSSR count). The molecule has 0 aliphatic carbocycles. The third-order valence-electron chi connectivity index (χ3n) is 4.05. The summed E-state index contributed by atoms with van der Waals surface area (Å²) >= 11 is 1.56. The largest absolute Gasteiger partial charge is 0.322 e. The van der Waals surface area contributed by atoms with Crippen molar-refractivity contribution in [3.05, 3.63) is 94.8 Å². The third kappa shape index (κ3) is 4.75. The van der Waals surface area contributed by atoms with Crippen molar-refractivity contribution in [3.8, 4) is 6.07 Å². The summed E-state index contributed by atoms with van der Waals surface area (Å²) in [6.45, 7) is 1.75.